The fraction of sp³-hybridized carbons (Fsp3) is 0.143. The van der Waals surface area contributed by atoms with Gasteiger partial charge in [-0.25, -0.2) is 0 Å². The normalized spacial score (nSPS) is 12.7. The van der Waals surface area contributed by atoms with Crippen LogP contribution >= 0.6 is 0 Å². The number of allylic oxidation sites excluding steroid dienone is 2. The van der Waals surface area contributed by atoms with Crippen LogP contribution in [0.3, 0.4) is 0 Å². The van der Waals surface area contributed by atoms with Gasteiger partial charge >= 0.3 is 6.18 Å². The van der Waals surface area contributed by atoms with E-state index in [0.29, 0.717) is 33.8 Å². The topological polar surface area (TPSA) is 103 Å². The summed E-state index contributed by atoms with van der Waals surface area (Å²) in [5, 5.41) is 20.2. The maximum Gasteiger partial charge on any atom is 0.416 e. The molecule has 2 rings (SSSR count). The van der Waals surface area contributed by atoms with Gasteiger partial charge in [-0.2, -0.15) is 18.3 Å². The fourth-order valence-corrected chi connectivity index (χ4v) is 2.59. The summed E-state index contributed by atoms with van der Waals surface area (Å²) in [4.78, 5) is 0. The van der Waals surface area contributed by atoms with Crippen molar-refractivity contribution in [2.75, 3.05) is 18.4 Å². The number of anilines is 1. The molecule has 0 aliphatic rings. The standard InChI is InChI=1S/C21H23F3N6/c1-3-14(2)27-13-20(26)19(18(8-9-25)15-10-29-30-11-15)12-28-17-6-4-16(5-7-17)21(22,23)24/h3-11,25,27-28H,1-2,12-13,26H2,(H,29,30). The van der Waals surface area contributed by atoms with Crippen LogP contribution in [0.15, 0.2) is 78.9 Å². The molecule has 0 fully saturated rings. The summed E-state index contributed by atoms with van der Waals surface area (Å²) in [6.45, 7) is 7.88. The molecular formula is C21H23F3N6. The van der Waals surface area contributed by atoms with Crippen molar-refractivity contribution in [1.29, 1.82) is 5.41 Å². The number of alkyl halides is 3. The van der Waals surface area contributed by atoms with E-state index in [2.05, 4.69) is 34.0 Å². The van der Waals surface area contributed by atoms with Gasteiger partial charge in [-0.1, -0.05) is 13.2 Å². The summed E-state index contributed by atoms with van der Waals surface area (Å²) in [7, 11) is 0. The zero-order valence-electron chi connectivity index (χ0n) is 16.2. The van der Waals surface area contributed by atoms with Gasteiger partial charge in [0.25, 0.3) is 0 Å². The number of halogens is 3. The Morgan fingerprint density at radius 1 is 1.23 bits per heavy atom. The molecule has 1 aromatic heterocycles. The number of aromatic nitrogens is 2. The van der Waals surface area contributed by atoms with Gasteiger partial charge in [0.05, 0.1) is 18.3 Å². The lowest BCUT2D eigenvalue weighted by Crippen LogP contribution is -2.23. The minimum atomic E-state index is -4.39. The van der Waals surface area contributed by atoms with Crippen molar-refractivity contribution in [2.24, 2.45) is 5.73 Å². The second-order valence-corrected chi connectivity index (χ2v) is 6.25. The first-order valence-corrected chi connectivity index (χ1v) is 8.90. The van der Waals surface area contributed by atoms with Gasteiger partial charge in [0.1, 0.15) is 0 Å². The summed E-state index contributed by atoms with van der Waals surface area (Å²) < 4.78 is 38.3. The summed E-state index contributed by atoms with van der Waals surface area (Å²) >= 11 is 0. The van der Waals surface area contributed by atoms with Crippen molar-refractivity contribution in [3.05, 3.63) is 90.1 Å². The van der Waals surface area contributed by atoms with Crippen molar-refractivity contribution in [3.8, 4) is 0 Å². The molecule has 2 aromatic rings. The molecule has 0 unspecified atom stereocenters. The minimum absolute atomic E-state index is 0.213. The maximum absolute atomic E-state index is 12.8. The molecule has 0 saturated carbocycles. The van der Waals surface area contributed by atoms with E-state index in [-0.39, 0.29) is 13.1 Å². The maximum atomic E-state index is 12.8. The minimum Gasteiger partial charge on any atom is -0.400 e. The lowest BCUT2D eigenvalue weighted by Gasteiger charge is -2.18. The quantitative estimate of drug-likeness (QED) is 0.298. The van der Waals surface area contributed by atoms with E-state index in [9.17, 15) is 13.2 Å². The number of nitrogens with one attached hydrogen (secondary N) is 4. The third-order valence-electron chi connectivity index (χ3n) is 4.21. The molecule has 0 spiro atoms. The molecule has 0 amide bonds. The molecule has 30 heavy (non-hydrogen) atoms. The van der Waals surface area contributed by atoms with Gasteiger partial charge in [0.2, 0.25) is 0 Å². The van der Waals surface area contributed by atoms with Crippen molar-refractivity contribution in [1.82, 2.24) is 15.5 Å². The molecule has 1 aromatic carbocycles. The SMILES string of the molecule is C=CC(=C)NCC(N)=C(CNc1ccc(C(F)(F)F)cc1)C(=CC=N)c1cn[nH]c1. The highest BCUT2D eigenvalue weighted by molar-refractivity contribution is 5.90. The number of H-pyrrole nitrogens is 1. The number of hydrogen-bond acceptors (Lipinski definition) is 5. The van der Waals surface area contributed by atoms with Crippen molar-refractivity contribution < 1.29 is 13.2 Å². The van der Waals surface area contributed by atoms with E-state index < -0.39 is 11.7 Å². The summed E-state index contributed by atoms with van der Waals surface area (Å²) in [5.74, 6) is 0. The largest absolute Gasteiger partial charge is 0.416 e. The molecule has 0 aliphatic carbocycles. The Hall–Kier alpha value is -3.75. The fourth-order valence-electron chi connectivity index (χ4n) is 2.59. The first-order chi connectivity index (χ1) is 14.3. The molecule has 0 radical (unpaired) electrons. The van der Waals surface area contributed by atoms with Crippen molar-refractivity contribution in [3.63, 3.8) is 0 Å². The van der Waals surface area contributed by atoms with E-state index in [0.717, 1.165) is 18.3 Å². The Morgan fingerprint density at radius 2 is 1.93 bits per heavy atom. The van der Waals surface area contributed by atoms with Gasteiger partial charge in [0.15, 0.2) is 0 Å². The lowest BCUT2D eigenvalue weighted by molar-refractivity contribution is -0.137. The van der Waals surface area contributed by atoms with Crippen LogP contribution in [0, 0.1) is 5.41 Å². The molecule has 9 heteroatoms. The Labute approximate surface area is 172 Å². The number of benzene rings is 1. The monoisotopic (exact) mass is 416 g/mol. The predicted molar refractivity (Wildman–Crippen MR) is 114 cm³/mol. The number of nitrogens with zero attached hydrogens (tertiary/aromatic N) is 1. The second kappa shape index (κ2) is 10.1. The zero-order chi connectivity index (χ0) is 22.1. The molecule has 1 heterocycles. The third-order valence-corrected chi connectivity index (χ3v) is 4.21. The average Bonchev–Trinajstić information content (AvgIpc) is 3.25. The molecule has 6 nitrogen and oxygen atoms in total. The van der Waals surface area contributed by atoms with E-state index in [1.54, 1.807) is 24.5 Å². The molecule has 6 N–H and O–H groups in total. The molecule has 158 valence electrons. The Morgan fingerprint density at radius 3 is 2.47 bits per heavy atom. The Balaban J connectivity index is 2.31. The van der Waals surface area contributed by atoms with Gasteiger partial charge < -0.3 is 21.8 Å². The van der Waals surface area contributed by atoms with E-state index in [1.165, 1.54) is 12.1 Å². The number of nitrogens with two attached hydrogens (primary N) is 1. The second-order valence-electron chi connectivity index (χ2n) is 6.25. The number of rotatable bonds is 10. The van der Waals surface area contributed by atoms with Crippen LogP contribution in [-0.2, 0) is 6.18 Å². The predicted octanol–water partition coefficient (Wildman–Crippen LogP) is 4.08. The van der Waals surface area contributed by atoms with Crippen molar-refractivity contribution >= 4 is 17.5 Å². The number of aromatic amines is 1. The van der Waals surface area contributed by atoms with E-state index >= 15 is 0 Å². The van der Waals surface area contributed by atoms with Crippen LogP contribution in [-0.4, -0.2) is 29.5 Å². The summed E-state index contributed by atoms with van der Waals surface area (Å²) in [6, 6.07) is 4.73. The van der Waals surface area contributed by atoms with Crippen LogP contribution in [0.1, 0.15) is 11.1 Å². The Kier molecular flexibility index (Phi) is 7.62. The van der Waals surface area contributed by atoms with E-state index in [1.807, 2.05) is 0 Å². The van der Waals surface area contributed by atoms with Gasteiger partial charge in [-0.3, -0.25) is 5.10 Å². The number of hydrogen-bond donors (Lipinski definition) is 5. The smallest absolute Gasteiger partial charge is 0.400 e. The lowest BCUT2D eigenvalue weighted by atomic mass is 9.97. The first-order valence-electron chi connectivity index (χ1n) is 8.90. The average molecular weight is 416 g/mol. The molecule has 0 aliphatic heterocycles. The van der Waals surface area contributed by atoms with Gasteiger partial charge in [-0.05, 0) is 47.6 Å². The van der Waals surface area contributed by atoms with E-state index in [4.69, 9.17) is 11.1 Å². The highest BCUT2D eigenvalue weighted by Crippen LogP contribution is 2.30. The van der Waals surface area contributed by atoms with Gasteiger partial charge in [0, 0.05) is 41.6 Å². The summed E-state index contributed by atoms with van der Waals surface area (Å²) in [6.07, 6.45) is 3.12. The highest BCUT2D eigenvalue weighted by Gasteiger charge is 2.29. The van der Waals surface area contributed by atoms with Gasteiger partial charge in [-0.15, -0.1) is 0 Å². The van der Waals surface area contributed by atoms with Crippen LogP contribution in [0.5, 0.6) is 0 Å². The summed E-state index contributed by atoms with van der Waals surface area (Å²) in [5.41, 5.74) is 9.17. The highest BCUT2D eigenvalue weighted by atomic mass is 19.4. The molecule has 0 atom stereocenters. The molecular weight excluding hydrogens is 393 g/mol. The van der Waals surface area contributed by atoms with Crippen molar-refractivity contribution in [2.45, 2.75) is 6.18 Å². The van der Waals surface area contributed by atoms with Crippen LogP contribution < -0.4 is 16.4 Å². The van der Waals surface area contributed by atoms with Crippen LogP contribution in [0.4, 0.5) is 18.9 Å². The third kappa shape index (κ3) is 6.13. The molecule has 0 saturated heterocycles. The molecule has 0 bridgehead atoms. The zero-order valence-corrected chi connectivity index (χ0v) is 16.2. The Bertz CT molecular complexity index is 938. The first kappa shape index (κ1) is 22.5. The van der Waals surface area contributed by atoms with Crippen LogP contribution in [0.2, 0.25) is 0 Å². The van der Waals surface area contributed by atoms with Crippen LogP contribution in [0.25, 0.3) is 5.57 Å².